The van der Waals surface area contributed by atoms with Crippen molar-refractivity contribution in [2.75, 3.05) is 7.11 Å². The number of aryl methyl sites for hydroxylation is 2. The van der Waals surface area contributed by atoms with E-state index in [2.05, 4.69) is 37.3 Å². The molecule has 0 atom stereocenters. The molecule has 90 valence electrons. The number of nitrogens with zero attached hydrogens (tertiary/aromatic N) is 2. The molecule has 1 heterocycles. The maximum atomic E-state index is 5.26. The third kappa shape index (κ3) is 2.49. The lowest BCUT2D eigenvalue weighted by molar-refractivity contribution is 0.412. The van der Waals surface area contributed by atoms with Crippen LogP contribution in [0.5, 0.6) is 5.75 Å². The van der Waals surface area contributed by atoms with Crippen LogP contribution in [0.1, 0.15) is 18.9 Å². The Morgan fingerprint density at radius 2 is 2.12 bits per heavy atom. The highest BCUT2D eigenvalue weighted by Crippen LogP contribution is 2.25. The number of benzene rings is 1. The standard InChI is InChI=1S/C14H18N2O/c1-4-7-16-10-13(9-15-16)12-5-6-14(17-3)11(2)8-12/h5-6,8-10H,4,7H2,1-3H3. The lowest BCUT2D eigenvalue weighted by Gasteiger charge is -2.05. The van der Waals surface area contributed by atoms with Crippen LogP contribution in [0, 0.1) is 6.92 Å². The van der Waals surface area contributed by atoms with Gasteiger partial charge in [-0.1, -0.05) is 13.0 Å². The maximum absolute atomic E-state index is 5.26. The molecule has 0 aliphatic rings. The number of hydrogen-bond donors (Lipinski definition) is 0. The van der Waals surface area contributed by atoms with E-state index in [-0.39, 0.29) is 0 Å². The summed E-state index contributed by atoms with van der Waals surface area (Å²) >= 11 is 0. The van der Waals surface area contributed by atoms with Gasteiger partial charge in [-0.3, -0.25) is 4.68 Å². The fourth-order valence-corrected chi connectivity index (χ4v) is 1.92. The second-order valence-corrected chi connectivity index (χ2v) is 4.18. The van der Waals surface area contributed by atoms with Gasteiger partial charge in [0, 0.05) is 18.3 Å². The van der Waals surface area contributed by atoms with Crippen molar-refractivity contribution in [3.63, 3.8) is 0 Å². The zero-order chi connectivity index (χ0) is 12.3. The first kappa shape index (κ1) is 11.7. The first-order valence-corrected chi connectivity index (χ1v) is 5.92. The van der Waals surface area contributed by atoms with Gasteiger partial charge in [-0.25, -0.2) is 0 Å². The van der Waals surface area contributed by atoms with E-state index in [1.165, 1.54) is 5.56 Å². The van der Waals surface area contributed by atoms with Crippen molar-refractivity contribution in [2.24, 2.45) is 0 Å². The van der Waals surface area contributed by atoms with Crippen LogP contribution in [-0.2, 0) is 6.54 Å². The summed E-state index contributed by atoms with van der Waals surface area (Å²) in [6, 6.07) is 6.20. The molecule has 0 saturated carbocycles. The fraction of sp³-hybridized carbons (Fsp3) is 0.357. The Morgan fingerprint density at radius 1 is 1.29 bits per heavy atom. The van der Waals surface area contributed by atoms with E-state index < -0.39 is 0 Å². The van der Waals surface area contributed by atoms with Crippen LogP contribution in [0.3, 0.4) is 0 Å². The summed E-state index contributed by atoms with van der Waals surface area (Å²) in [6.07, 6.45) is 5.10. The first-order valence-electron chi connectivity index (χ1n) is 5.92. The van der Waals surface area contributed by atoms with Crippen LogP contribution >= 0.6 is 0 Å². The Hall–Kier alpha value is -1.77. The number of ether oxygens (including phenoxy) is 1. The van der Waals surface area contributed by atoms with Gasteiger partial charge in [0.25, 0.3) is 0 Å². The van der Waals surface area contributed by atoms with Crippen LogP contribution in [0.25, 0.3) is 11.1 Å². The van der Waals surface area contributed by atoms with E-state index in [0.29, 0.717) is 0 Å². The first-order chi connectivity index (χ1) is 8.24. The third-order valence-electron chi connectivity index (χ3n) is 2.81. The molecule has 1 aromatic heterocycles. The lowest BCUT2D eigenvalue weighted by Crippen LogP contribution is -1.95. The highest BCUT2D eigenvalue weighted by Gasteiger charge is 2.04. The van der Waals surface area contributed by atoms with Crippen molar-refractivity contribution in [1.29, 1.82) is 0 Å². The normalized spacial score (nSPS) is 10.5. The van der Waals surface area contributed by atoms with E-state index in [1.807, 2.05) is 16.9 Å². The average Bonchev–Trinajstić information content (AvgIpc) is 2.78. The second kappa shape index (κ2) is 5.04. The predicted molar refractivity (Wildman–Crippen MR) is 69.2 cm³/mol. The number of hydrogen-bond acceptors (Lipinski definition) is 2. The summed E-state index contributed by atoms with van der Waals surface area (Å²) in [5, 5.41) is 4.34. The Bertz CT molecular complexity index is 503. The Balaban J connectivity index is 2.29. The van der Waals surface area contributed by atoms with Gasteiger partial charge in [0.15, 0.2) is 0 Å². The average molecular weight is 230 g/mol. The van der Waals surface area contributed by atoms with Crippen molar-refractivity contribution in [3.8, 4) is 16.9 Å². The molecule has 2 aromatic rings. The summed E-state index contributed by atoms with van der Waals surface area (Å²) in [4.78, 5) is 0. The number of aromatic nitrogens is 2. The minimum Gasteiger partial charge on any atom is -0.496 e. The Labute approximate surface area is 102 Å². The van der Waals surface area contributed by atoms with Gasteiger partial charge < -0.3 is 4.74 Å². The van der Waals surface area contributed by atoms with E-state index in [1.54, 1.807) is 7.11 Å². The molecular weight excluding hydrogens is 212 g/mol. The molecule has 0 aliphatic heterocycles. The third-order valence-corrected chi connectivity index (χ3v) is 2.81. The fourth-order valence-electron chi connectivity index (χ4n) is 1.92. The van der Waals surface area contributed by atoms with Crippen LogP contribution < -0.4 is 4.74 Å². The summed E-state index contributed by atoms with van der Waals surface area (Å²) in [6.45, 7) is 5.17. The zero-order valence-corrected chi connectivity index (χ0v) is 10.6. The molecule has 0 spiro atoms. The van der Waals surface area contributed by atoms with Gasteiger partial charge in [0.05, 0.1) is 13.3 Å². The molecule has 0 unspecified atom stereocenters. The largest absolute Gasteiger partial charge is 0.496 e. The molecule has 2 rings (SSSR count). The molecule has 0 saturated heterocycles. The molecule has 3 nitrogen and oxygen atoms in total. The highest BCUT2D eigenvalue weighted by atomic mass is 16.5. The van der Waals surface area contributed by atoms with Crippen molar-refractivity contribution >= 4 is 0 Å². The SMILES string of the molecule is CCCn1cc(-c2ccc(OC)c(C)c2)cn1. The van der Waals surface area contributed by atoms with Crippen LogP contribution in [0.2, 0.25) is 0 Å². The number of methoxy groups -OCH3 is 1. The minimum absolute atomic E-state index is 0.926. The van der Waals surface area contributed by atoms with Gasteiger partial charge in [-0.15, -0.1) is 0 Å². The van der Waals surface area contributed by atoms with E-state index in [9.17, 15) is 0 Å². The summed E-state index contributed by atoms with van der Waals surface area (Å²) in [5.74, 6) is 0.926. The Morgan fingerprint density at radius 3 is 2.76 bits per heavy atom. The molecular formula is C14H18N2O. The smallest absolute Gasteiger partial charge is 0.121 e. The molecule has 0 aliphatic carbocycles. The number of rotatable bonds is 4. The summed E-state index contributed by atoms with van der Waals surface area (Å²) < 4.78 is 7.24. The zero-order valence-electron chi connectivity index (χ0n) is 10.6. The molecule has 0 fully saturated rings. The van der Waals surface area contributed by atoms with Gasteiger partial charge >= 0.3 is 0 Å². The van der Waals surface area contributed by atoms with Gasteiger partial charge in [-0.05, 0) is 36.6 Å². The highest BCUT2D eigenvalue weighted by molar-refractivity contribution is 5.64. The van der Waals surface area contributed by atoms with Crippen molar-refractivity contribution < 1.29 is 4.74 Å². The van der Waals surface area contributed by atoms with Gasteiger partial charge in [0.1, 0.15) is 5.75 Å². The molecule has 1 aromatic carbocycles. The van der Waals surface area contributed by atoms with Crippen LogP contribution in [0.15, 0.2) is 30.6 Å². The topological polar surface area (TPSA) is 27.1 Å². The molecule has 17 heavy (non-hydrogen) atoms. The van der Waals surface area contributed by atoms with E-state index in [4.69, 9.17) is 4.74 Å². The molecule has 0 radical (unpaired) electrons. The Kier molecular flexibility index (Phi) is 3.47. The molecule has 0 amide bonds. The van der Waals surface area contributed by atoms with E-state index in [0.717, 1.165) is 29.8 Å². The predicted octanol–water partition coefficient (Wildman–Crippen LogP) is 3.28. The quantitative estimate of drug-likeness (QED) is 0.806. The van der Waals surface area contributed by atoms with Crippen LogP contribution in [0.4, 0.5) is 0 Å². The van der Waals surface area contributed by atoms with Crippen LogP contribution in [-0.4, -0.2) is 16.9 Å². The van der Waals surface area contributed by atoms with Gasteiger partial charge in [0.2, 0.25) is 0 Å². The van der Waals surface area contributed by atoms with Crippen molar-refractivity contribution in [2.45, 2.75) is 26.8 Å². The molecule has 0 N–H and O–H groups in total. The second-order valence-electron chi connectivity index (χ2n) is 4.18. The minimum atomic E-state index is 0.926. The van der Waals surface area contributed by atoms with Crippen molar-refractivity contribution in [1.82, 2.24) is 9.78 Å². The summed E-state index contributed by atoms with van der Waals surface area (Å²) in [7, 11) is 1.70. The molecule has 3 heteroatoms. The lowest BCUT2D eigenvalue weighted by atomic mass is 10.1. The van der Waals surface area contributed by atoms with E-state index >= 15 is 0 Å². The monoisotopic (exact) mass is 230 g/mol. The van der Waals surface area contributed by atoms with Crippen molar-refractivity contribution in [3.05, 3.63) is 36.2 Å². The maximum Gasteiger partial charge on any atom is 0.121 e. The molecule has 0 bridgehead atoms. The van der Waals surface area contributed by atoms with Gasteiger partial charge in [-0.2, -0.15) is 5.10 Å². The summed E-state index contributed by atoms with van der Waals surface area (Å²) in [5.41, 5.74) is 3.49.